The van der Waals surface area contributed by atoms with Crippen molar-refractivity contribution in [2.45, 2.75) is 6.54 Å². The minimum atomic E-state index is -1.35. The molecule has 1 aromatic carbocycles. The highest BCUT2D eigenvalue weighted by Gasteiger charge is 2.12. The lowest BCUT2D eigenvalue weighted by Crippen LogP contribution is -2.21. The lowest BCUT2D eigenvalue weighted by molar-refractivity contribution is 0.0691. The molecule has 0 saturated carbocycles. The van der Waals surface area contributed by atoms with Crippen molar-refractivity contribution in [2.24, 2.45) is 0 Å². The number of pyridine rings is 1. The van der Waals surface area contributed by atoms with Crippen LogP contribution in [0.5, 0.6) is 0 Å². The topological polar surface area (TPSA) is 76.6 Å². The lowest BCUT2D eigenvalue weighted by Gasteiger charge is -2.03. The highest BCUT2D eigenvalue weighted by Crippen LogP contribution is 2.11. The van der Waals surface area contributed by atoms with Gasteiger partial charge in [0.15, 0.2) is 5.65 Å². The second-order valence-electron chi connectivity index (χ2n) is 4.49. The van der Waals surface area contributed by atoms with Crippen LogP contribution in [0.4, 0.5) is 4.39 Å². The van der Waals surface area contributed by atoms with Gasteiger partial charge in [-0.05, 0) is 29.8 Å². The first kappa shape index (κ1) is 13.0. The van der Waals surface area contributed by atoms with E-state index in [2.05, 4.69) is 5.10 Å². The van der Waals surface area contributed by atoms with E-state index in [1.807, 2.05) is 0 Å². The van der Waals surface area contributed by atoms with Gasteiger partial charge in [-0.1, -0.05) is 12.1 Å². The lowest BCUT2D eigenvalue weighted by atomic mass is 10.1. The summed E-state index contributed by atoms with van der Waals surface area (Å²) >= 11 is 0. The van der Waals surface area contributed by atoms with Gasteiger partial charge in [0.05, 0.1) is 12.1 Å². The van der Waals surface area contributed by atoms with Crippen LogP contribution in [0.3, 0.4) is 0 Å². The Labute approximate surface area is 117 Å². The first-order valence-corrected chi connectivity index (χ1v) is 6.12. The van der Waals surface area contributed by atoms with Crippen molar-refractivity contribution in [3.8, 4) is 0 Å². The third kappa shape index (κ3) is 2.29. The summed E-state index contributed by atoms with van der Waals surface area (Å²) in [7, 11) is 0. The highest BCUT2D eigenvalue weighted by molar-refractivity contribution is 5.88. The van der Waals surface area contributed by atoms with Crippen LogP contribution in [0.25, 0.3) is 5.65 Å². The number of carboxylic acids is 1. The van der Waals surface area contributed by atoms with Crippen LogP contribution >= 0.6 is 0 Å². The van der Waals surface area contributed by atoms with E-state index in [1.54, 1.807) is 24.4 Å². The van der Waals surface area contributed by atoms with Crippen LogP contribution in [-0.2, 0) is 6.54 Å². The zero-order valence-electron chi connectivity index (χ0n) is 10.7. The van der Waals surface area contributed by atoms with Gasteiger partial charge in [0.2, 0.25) is 0 Å². The van der Waals surface area contributed by atoms with Gasteiger partial charge in [-0.2, -0.15) is 0 Å². The number of aromatic carboxylic acids is 1. The number of benzene rings is 1. The summed E-state index contributed by atoms with van der Waals surface area (Å²) in [6.45, 7) is 0.0705. The molecule has 0 unspecified atom stereocenters. The van der Waals surface area contributed by atoms with E-state index < -0.39 is 17.3 Å². The van der Waals surface area contributed by atoms with Gasteiger partial charge >= 0.3 is 11.7 Å². The Hall–Kier alpha value is -2.96. The molecule has 0 fully saturated rings. The third-order valence-electron chi connectivity index (χ3n) is 3.08. The molecule has 106 valence electrons. The van der Waals surface area contributed by atoms with Gasteiger partial charge in [-0.3, -0.25) is 4.40 Å². The Morgan fingerprint density at radius 3 is 2.81 bits per heavy atom. The van der Waals surface area contributed by atoms with Gasteiger partial charge in [-0.25, -0.2) is 18.7 Å². The van der Waals surface area contributed by atoms with Crippen LogP contribution in [0.15, 0.2) is 47.4 Å². The summed E-state index contributed by atoms with van der Waals surface area (Å²) in [5.41, 5.74) is 0.207. The van der Waals surface area contributed by atoms with Crippen molar-refractivity contribution < 1.29 is 14.3 Å². The second kappa shape index (κ2) is 4.86. The predicted molar refractivity (Wildman–Crippen MR) is 71.9 cm³/mol. The van der Waals surface area contributed by atoms with Crippen LogP contribution < -0.4 is 5.69 Å². The molecular formula is C14H10FN3O3. The van der Waals surface area contributed by atoms with Crippen LogP contribution in [-0.4, -0.2) is 25.3 Å². The van der Waals surface area contributed by atoms with Crippen molar-refractivity contribution in [1.82, 2.24) is 14.2 Å². The molecular weight excluding hydrogens is 277 g/mol. The largest absolute Gasteiger partial charge is 0.478 e. The highest BCUT2D eigenvalue weighted by atomic mass is 19.1. The van der Waals surface area contributed by atoms with Gasteiger partial charge in [-0.15, -0.1) is 5.10 Å². The normalized spacial score (nSPS) is 10.9. The number of rotatable bonds is 3. The van der Waals surface area contributed by atoms with E-state index in [4.69, 9.17) is 5.11 Å². The predicted octanol–water partition coefficient (Wildman–Crippen LogP) is 1.38. The van der Waals surface area contributed by atoms with Gasteiger partial charge in [0.1, 0.15) is 5.82 Å². The molecule has 0 aliphatic rings. The van der Waals surface area contributed by atoms with E-state index in [9.17, 15) is 14.0 Å². The summed E-state index contributed by atoms with van der Waals surface area (Å²) < 4.78 is 15.9. The minimum absolute atomic E-state index is 0.0705. The van der Waals surface area contributed by atoms with Crippen molar-refractivity contribution in [3.05, 3.63) is 70.0 Å². The number of carbonyl (C=O) groups is 1. The third-order valence-corrected chi connectivity index (χ3v) is 3.08. The number of aromatic nitrogens is 3. The summed E-state index contributed by atoms with van der Waals surface area (Å²) in [5.74, 6) is -2.16. The fourth-order valence-corrected chi connectivity index (χ4v) is 2.08. The number of hydrogen-bond donors (Lipinski definition) is 1. The van der Waals surface area contributed by atoms with Crippen molar-refractivity contribution >= 4 is 11.6 Å². The van der Waals surface area contributed by atoms with Crippen LogP contribution in [0, 0.1) is 5.82 Å². The second-order valence-corrected chi connectivity index (χ2v) is 4.49. The maximum atomic E-state index is 13.3. The van der Waals surface area contributed by atoms with E-state index in [0.717, 1.165) is 6.07 Å². The molecule has 21 heavy (non-hydrogen) atoms. The van der Waals surface area contributed by atoms with Crippen molar-refractivity contribution in [3.63, 3.8) is 0 Å². The van der Waals surface area contributed by atoms with Gasteiger partial charge < -0.3 is 5.11 Å². The molecule has 0 atom stereocenters. The fraction of sp³-hybridized carbons (Fsp3) is 0.0714. The summed E-state index contributed by atoms with van der Waals surface area (Å²) in [4.78, 5) is 23.0. The van der Waals surface area contributed by atoms with Gasteiger partial charge in [0.25, 0.3) is 0 Å². The molecule has 0 radical (unpaired) electrons. The molecule has 0 aliphatic carbocycles. The quantitative estimate of drug-likeness (QED) is 0.789. The average molecular weight is 287 g/mol. The summed E-state index contributed by atoms with van der Waals surface area (Å²) in [6, 6.07) is 8.85. The molecule has 7 heteroatoms. The number of halogens is 1. The molecule has 3 aromatic rings. The molecule has 0 spiro atoms. The standard InChI is InChI=1S/C14H10FN3O3/c15-11-5-4-9(7-10(11)13(19)20)8-18-14(21)17-6-2-1-3-12(17)16-18/h1-7H,8H2,(H,19,20). The molecule has 3 rings (SSSR count). The molecule has 0 bridgehead atoms. The molecule has 2 heterocycles. The van der Waals surface area contributed by atoms with Crippen LogP contribution in [0.2, 0.25) is 0 Å². The molecule has 0 aliphatic heterocycles. The van der Waals surface area contributed by atoms with Crippen molar-refractivity contribution in [2.75, 3.05) is 0 Å². The Kier molecular flexibility index (Phi) is 3.02. The number of fused-ring (bicyclic) bond motifs is 1. The van der Waals surface area contributed by atoms with Gasteiger partial charge in [0, 0.05) is 6.20 Å². The van der Waals surface area contributed by atoms with E-state index >= 15 is 0 Å². The molecule has 1 N–H and O–H groups in total. The SMILES string of the molecule is O=C(O)c1cc(Cn2nc3ccccn3c2=O)ccc1F. The molecule has 0 saturated heterocycles. The molecule has 0 amide bonds. The summed E-state index contributed by atoms with van der Waals surface area (Å²) in [5, 5.41) is 13.0. The minimum Gasteiger partial charge on any atom is -0.478 e. The smallest absolute Gasteiger partial charge is 0.350 e. The monoisotopic (exact) mass is 287 g/mol. The Bertz CT molecular complexity index is 898. The average Bonchev–Trinajstić information content (AvgIpc) is 2.78. The molecule has 2 aromatic heterocycles. The maximum Gasteiger partial charge on any atom is 0.350 e. The van der Waals surface area contributed by atoms with E-state index in [0.29, 0.717) is 11.2 Å². The Morgan fingerprint density at radius 1 is 1.29 bits per heavy atom. The van der Waals surface area contributed by atoms with E-state index in [-0.39, 0.29) is 12.2 Å². The zero-order chi connectivity index (χ0) is 15.0. The number of hydrogen-bond acceptors (Lipinski definition) is 3. The zero-order valence-corrected chi connectivity index (χ0v) is 10.7. The summed E-state index contributed by atoms with van der Waals surface area (Å²) in [6.07, 6.45) is 1.59. The van der Waals surface area contributed by atoms with Crippen LogP contribution in [0.1, 0.15) is 15.9 Å². The van der Waals surface area contributed by atoms with Crippen molar-refractivity contribution in [1.29, 1.82) is 0 Å². The Morgan fingerprint density at radius 2 is 2.10 bits per heavy atom. The number of carboxylic acid groups (broad SMARTS) is 1. The van der Waals surface area contributed by atoms with E-state index in [1.165, 1.54) is 21.2 Å². The Balaban J connectivity index is 2.03. The molecule has 6 nitrogen and oxygen atoms in total. The first-order valence-electron chi connectivity index (χ1n) is 6.12. The maximum absolute atomic E-state index is 13.3. The first-order chi connectivity index (χ1) is 10.1. The fourth-order valence-electron chi connectivity index (χ4n) is 2.08. The number of nitrogens with zero attached hydrogens (tertiary/aromatic N) is 3.